The highest BCUT2D eigenvalue weighted by Crippen LogP contribution is 2.37. The van der Waals surface area contributed by atoms with Gasteiger partial charge in [0, 0.05) is 23.5 Å². The minimum atomic E-state index is -1.74. The topological polar surface area (TPSA) is 39.9 Å². The van der Waals surface area contributed by atoms with Crippen molar-refractivity contribution in [3.05, 3.63) is 44.5 Å². The molecule has 0 spiro atoms. The predicted octanol–water partition coefficient (Wildman–Crippen LogP) is 5.65. The lowest BCUT2D eigenvalue weighted by Gasteiger charge is -2.36. The van der Waals surface area contributed by atoms with Crippen molar-refractivity contribution in [1.29, 1.82) is 0 Å². The summed E-state index contributed by atoms with van der Waals surface area (Å²) in [7, 11) is -1.74. The quantitative estimate of drug-likeness (QED) is 0.364. The van der Waals surface area contributed by atoms with Gasteiger partial charge in [0.1, 0.15) is 0 Å². The fourth-order valence-electron chi connectivity index (χ4n) is 2.13. The third kappa shape index (κ3) is 5.12. The van der Waals surface area contributed by atoms with E-state index in [1.54, 1.807) is 0 Å². The highest BCUT2D eigenvalue weighted by molar-refractivity contribution is 14.1. The van der Waals surface area contributed by atoms with Gasteiger partial charge < -0.3 is 4.43 Å². The number of aromatic nitrogens is 3. The molecule has 0 fully saturated rings. The van der Waals surface area contributed by atoms with E-state index >= 15 is 0 Å². The first-order valence-electron chi connectivity index (χ1n) is 8.05. The van der Waals surface area contributed by atoms with Crippen LogP contribution in [0.3, 0.4) is 0 Å². The van der Waals surface area contributed by atoms with Crippen molar-refractivity contribution in [3.63, 3.8) is 0 Å². The van der Waals surface area contributed by atoms with Crippen molar-refractivity contribution in [2.24, 2.45) is 0 Å². The molecule has 0 amide bonds. The van der Waals surface area contributed by atoms with Crippen LogP contribution in [0.1, 0.15) is 38.9 Å². The van der Waals surface area contributed by atoms with Crippen LogP contribution in [0.25, 0.3) is 0 Å². The van der Waals surface area contributed by atoms with E-state index in [9.17, 15) is 0 Å². The SMILES string of the molecule is CC(C)(C)[Si](C)(C)OCCC(c1ccc(Br)cn1)n1cc(I)cn1. The molecule has 2 aromatic rings. The number of nitrogens with zero attached hydrogens (tertiary/aromatic N) is 3. The maximum absolute atomic E-state index is 6.36. The Hall–Kier alpha value is -0.253. The third-order valence-corrected chi connectivity index (χ3v) is 10.2. The summed E-state index contributed by atoms with van der Waals surface area (Å²) in [6, 6.07) is 4.17. The van der Waals surface area contributed by atoms with Gasteiger partial charge in [-0.3, -0.25) is 9.67 Å². The van der Waals surface area contributed by atoms with Crippen molar-refractivity contribution in [2.45, 2.75) is 51.4 Å². The monoisotopic (exact) mass is 521 g/mol. The molecule has 132 valence electrons. The molecule has 0 saturated heterocycles. The number of hydrogen-bond donors (Lipinski definition) is 0. The standard InChI is InChI=1S/C17H25BrIN3OSi/c1-17(2,3)24(4,5)23-9-8-16(22-12-14(19)11-21-22)15-7-6-13(18)10-20-15/h6-7,10-12,16H,8-9H2,1-5H3. The van der Waals surface area contributed by atoms with Crippen LogP contribution in [0, 0.1) is 3.57 Å². The molecule has 0 aliphatic rings. The average molecular weight is 522 g/mol. The summed E-state index contributed by atoms with van der Waals surface area (Å²) in [6.07, 6.45) is 6.63. The molecule has 0 aromatic carbocycles. The lowest BCUT2D eigenvalue weighted by Crippen LogP contribution is -2.41. The van der Waals surface area contributed by atoms with Gasteiger partial charge in [-0.1, -0.05) is 20.8 Å². The average Bonchev–Trinajstić information content (AvgIpc) is 2.90. The van der Waals surface area contributed by atoms with Crippen LogP contribution in [0.2, 0.25) is 18.1 Å². The maximum atomic E-state index is 6.36. The Bertz CT molecular complexity index is 667. The minimum Gasteiger partial charge on any atom is -0.417 e. The zero-order valence-electron chi connectivity index (χ0n) is 14.9. The summed E-state index contributed by atoms with van der Waals surface area (Å²) < 4.78 is 10.5. The Kier molecular flexibility index (Phi) is 6.66. The van der Waals surface area contributed by atoms with Crippen LogP contribution in [0.5, 0.6) is 0 Å². The molecule has 1 atom stereocenters. The van der Waals surface area contributed by atoms with E-state index in [1.165, 1.54) is 0 Å². The van der Waals surface area contributed by atoms with E-state index in [1.807, 2.05) is 23.1 Å². The Morgan fingerprint density at radius 1 is 1.29 bits per heavy atom. The first kappa shape index (κ1) is 20.1. The minimum absolute atomic E-state index is 0.0892. The van der Waals surface area contributed by atoms with Gasteiger partial charge in [-0.05, 0) is 75.2 Å². The highest BCUT2D eigenvalue weighted by atomic mass is 127. The van der Waals surface area contributed by atoms with Crippen LogP contribution in [0.4, 0.5) is 0 Å². The molecule has 0 N–H and O–H groups in total. The molecule has 1 unspecified atom stereocenters. The van der Waals surface area contributed by atoms with Crippen LogP contribution in [0.15, 0.2) is 35.2 Å². The summed E-state index contributed by atoms with van der Waals surface area (Å²) in [5.41, 5.74) is 1.01. The summed E-state index contributed by atoms with van der Waals surface area (Å²) in [5.74, 6) is 0. The fraction of sp³-hybridized carbons (Fsp3) is 0.529. The zero-order valence-corrected chi connectivity index (χ0v) is 19.6. The van der Waals surface area contributed by atoms with Crippen LogP contribution < -0.4 is 0 Å². The smallest absolute Gasteiger partial charge is 0.191 e. The summed E-state index contributed by atoms with van der Waals surface area (Å²) in [5, 5.41) is 4.71. The van der Waals surface area contributed by atoms with Crippen molar-refractivity contribution >= 4 is 46.8 Å². The van der Waals surface area contributed by atoms with Gasteiger partial charge in [0.05, 0.1) is 21.5 Å². The van der Waals surface area contributed by atoms with E-state index in [-0.39, 0.29) is 11.1 Å². The molecular weight excluding hydrogens is 497 g/mol. The summed E-state index contributed by atoms with van der Waals surface area (Å²) in [6.45, 7) is 12.1. The molecule has 4 nitrogen and oxygen atoms in total. The van der Waals surface area contributed by atoms with Crippen molar-refractivity contribution < 1.29 is 4.43 Å². The number of hydrogen-bond acceptors (Lipinski definition) is 3. The molecule has 2 heterocycles. The summed E-state index contributed by atoms with van der Waals surface area (Å²) in [4.78, 5) is 4.57. The van der Waals surface area contributed by atoms with Crippen LogP contribution in [-0.2, 0) is 4.43 Å². The molecule has 7 heteroatoms. The lowest BCUT2D eigenvalue weighted by molar-refractivity contribution is 0.259. The Labute approximate surface area is 167 Å². The number of pyridine rings is 1. The summed E-state index contributed by atoms with van der Waals surface area (Å²) >= 11 is 5.73. The molecule has 0 aliphatic carbocycles. The molecular formula is C17H25BrIN3OSi. The van der Waals surface area contributed by atoms with Crippen LogP contribution >= 0.6 is 38.5 Å². The van der Waals surface area contributed by atoms with Crippen LogP contribution in [-0.4, -0.2) is 29.7 Å². The Morgan fingerprint density at radius 3 is 2.50 bits per heavy atom. The Balaban J connectivity index is 2.14. The molecule has 2 aromatic heterocycles. The van der Waals surface area contributed by atoms with E-state index in [0.717, 1.165) is 26.8 Å². The predicted molar refractivity (Wildman–Crippen MR) is 113 cm³/mol. The molecule has 0 saturated carbocycles. The Morgan fingerprint density at radius 2 is 2.00 bits per heavy atom. The molecule has 0 radical (unpaired) electrons. The van der Waals surface area contributed by atoms with Crippen molar-refractivity contribution in [1.82, 2.24) is 14.8 Å². The second kappa shape index (κ2) is 7.97. The van der Waals surface area contributed by atoms with Crippen molar-refractivity contribution in [3.8, 4) is 0 Å². The van der Waals surface area contributed by atoms with Gasteiger partial charge in [-0.2, -0.15) is 5.10 Å². The lowest BCUT2D eigenvalue weighted by atomic mass is 10.1. The normalized spacial score (nSPS) is 14.0. The largest absolute Gasteiger partial charge is 0.417 e. The van der Waals surface area contributed by atoms with Gasteiger partial charge in [0.25, 0.3) is 0 Å². The van der Waals surface area contributed by atoms with Gasteiger partial charge in [-0.25, -0.2) is 0 Å². The molecule has 24 heavy (non-hydrogen) atoms. The van der Waals surface area contributed by atoms with Gasteiger partial charge in [-0.15, -0.1) is 0 Å². The maximum Gasteiger partial charge on any atom is 0.191 e. The molecule has 0 bridgehead atoms. The van der Waals surface area contributed by atoms with Crippen molar-refractivity contribution in [2.75, 3.05) is 6.61 Å². The highest BCUT2D eigenvalue weighted by Gasteiger charge is 2.37. The van der Waals surface area contributed by atoms with E-state index in [0.29, 0.717) is 0 Å². The number of rotatable bonds is 6. The first-order chi connectivity index (χ1) is 11.1. The zero-order chi connectivity index (χ0) is 18.0. The van der Waals surface area contributed by atoms with E-state index < -0.39 is 8.32 Å². The van der Waals surface area contributed by atoms with Gasteiger partial charge in [0.15, 0.2) is 8.32 Å². The first-order valence-corrected chi connectivity index (χ1v) is 12.8. The van der Waals surface area contributed by atoms with Gasteiger partial charge in [0.2, 0.25) is 0 Å². The third-order valence-electron chi connectivity index (χ3n) is 4.64. The second-order valence-corrected chi connectivity index (χ2v) is 14.4. The molecule has 2 rings (SSSR count). The van der Waals surface area contributed by atoms with Gasteiger partial charge >= 0.3 is 0 Å². The number of halogens is 2. The fourth-order valence-corrected chi connectivity index (χ4v) is 3.83. The molecule has 0 aliphatic heterocycles. The van der Waals surface area contributed by atoms with E-state index in [4.69, 9.17) is 4.43 Å². The van der Waals surface area contributed by atoms with E-state index in [2.05, 4.69) is 94.7 Å². The second-order valence-electron chi connectivity index (χ2n) is 7.45.